The van der Waals surface area contributed by atoms with Crippen molar-refractivity contribution >= 4 is 29.1 Å². The Morgan fingerprint density at radius 3 is 2.61 bits per heavy atom. The van der Waals surface area contributed by atoms with E-state index in [-0.39, 0.29) is 11.8 Å². The Balaban J connectivity index is 1.89. The van der Waals surface area contributed by atoms with Crippen molar-refractivity contribution in [2.75, 3.05) is 19.4 Å². The van der Waals surface area contributed by atoms with E-state index in [0.717, 1.165) is 5.69 Å². The summed E-state index contributed by atoms with van der Waals surface area (Å²) in [6.07, 6.45) is 3.79. The minimum absolute atomic E-state index is 0.238. The van der Waals surface area contributed by atoms with Crippen molar-refractivity contribution in [1.29, 1.82) is 0 Å². The molecule has 0 saturated carbocycles. The van der Waals surface area contributed by atoms with Gasteiger partial charge in [0.25, 0.3) is 11.8 Å². The topological polar surface area (TPSA) is 80.1 Å². The van der Waals surface area contributed by atoms with Crippen molar-refractivity contribution in [3.63, 3.8) is 0 Å². The van der Waals surface area contributed by atoms with E-state index in [0.29, 0.717) is 34.1 Å². The van der Waals surface area contributed by atoms with Crippen molar-refractivity contribution in [3.8, 4) is 5.82 Å². The molecular weight excluding hydrogens is 378 g/mol. The zero-order valence-corrected chi connectivity index (χ0v) is 16.6. The van der Waals surface area contributed by atoms with Crippen LogP contribution in [0.25, 0.3) is 5.82 Å². The molecule has 0 atom stereocenters. The van der Waals surface area contributed by atoms with Crippen LogP contribution in [0.1, 0.15) is 33.3 Å². The van der Waals surface area contributed by atoms with E-state index in [9.17, 15) is 9.59 Å². The van der Waals surface area contributed by atoms with Crippen LogP contribution >= 0.6 is 11.6 Å². The lowest BCUT2D eigenvalue weighted by Crippen LogP contribution is -2.22. The van der Waals surface area contributed by atoms with Crippen molar-refractivity contribution in [2.45, 2.75) is 13.3 Å². The van der Waals surface area contributed by atoms with Crippen LogP contribution < -0.4 is 5.32 Å². The maximum Gasteiger partial charge on any atom is 0.259 e. The van der Waals surface area contributed by atoms with E-state index in [1.54, 1.807) is 43.2 Å². The SMILES string of the molecule is CCc1c(C(=O)Nc2ccc(Cl)c(C(=O)N(C)C)c2)cnn1-c1ccccn1. The van der Waals surface area contributed by atoms with Gasteiger partial charge in [-0.25, -0.2) is 9.67 Å². The molecule has 0 aliphatic rings. The Hall–Kier alpha value is -3.19. The second kappa shape index (κ2) is 8.22. The first-order valence-electron chi connectivity index (χ1n) is 8.73. The van der Waals surface area contributed by atoms with Crippen LogP contribution in [0.2, 0.25) is 5.02 Å². The van der Waals surface area contributed by atoms with Gasteiger partial charge in [-0.15, -0.1) is 0 Å². The van der Waals surface area contributed by atoms with Gasteiger partial charge in [0.2, 0.25) is 0 Å². The van der Waals surface area contributed by atoms with Crippen LogP contribution in [0, 0.1) is 0 Å². The average molecular weight is 398 g/mol. The van der Waals surface area contributed by atoms with Crippen LogP contribution in [0.3, 0.4) is 0 Å². The summed E-state index contributed by atoms with van der Waals surface area (Å²) in [6.45, 7) is 1.95. The molecule has 0 aliphatic heterocycles. The third kappa shape index (κ3) is 3.89. The molecule has 2 amide bonds. The Labute approximate surface area is 167 Å². The van der Waals surface area contributed by atoms with Crippen LogP contribution in [0.15, 0.2) is 48.8 Å². The standard InChI is InChI=1S/C20H20ClN5O2/c1-4-17-15(12-23-26(17)18-7-5-6-10-22-18)19(27)24-13-8-9-16(21)14(11-13)20(28)25(2)3/h5-12H,4H2,1-3H3,(H,24,27). The lowest BCUT2D eigenvalue weighted by Gasteiger charge is -2.13. The van der Waals surface area contributed by atoms with Gasteiger partial charge in [0, 0.05) is 26.0 Å². The molecule has 0 fully saturated rings. The molecule has 7 nitrogen and oxygen atoms in total. The largest absolute Gasteiger partial charge is 0.345 e. The van der Waals surface area contributed by atoms with Gasteiger partial charge in [-0.2, -0.15) is 5.10 Å². The molecule has 1 N–H and O–H groups in total. The Morgan fingerprint density at radius 2 is 1.96 bits per heavy atom. The molecule has 0 radical (unpaired) electrons. The number of anilines is 1. The molecule has 144 valence electrons. The predicted octanol–water partition coefficient (Wildman–Crippen LogP) is 3.44. The number of nitrogens with one attached hydrogen (secondary N) is 1. The molecule has 0 saturated heterocycles. The van der Waals surface area contributed by atoms with Gasteiger partial charge >= 0.3 is 0 Å². The molecule has 1 aromatic carbocycles. The molecular formula is C20H20ClN5O2. The Bertz CT molecular complexity index is 1010. The molecule has 3 rings (SSSR count). The number of amides is 2. The Morgan fingerprint density at radius 1 is 1.18 bits per heavy atom. The minimum atomic E-state index is -0.315. The molecule has 2 heterocycles. The van der Waals surface area contributed by atoms with Gasteiger partial charge in [0.1, 0.15) is 0 Å². The summed E-state index contributed by atoms with van der Waals surface area (Å²) in [5.41, 5.74) is 2.00. The molecule has 8 heteroatoms. The fourth-order valence-corrected chi connectivity index (χ4v) is 2.98. The number of hydrogen-bond acceptors (Lipinski definition) is 4. The third-order valence-corrected chi connectivity index (χ3v) is 4.51. The fourth-order valence-electron chi connectivity index (χ4n) is 2.79. The van der Waals surface area contributed by atoms with Crippen molar-refractivity contribution in [3.05, 3.63) is 70.6 Å². The second-order valence-corrected chi connectivity index (χ2v) is 6.71. The Kier molecular flexibility index (Phi) is 5.75. The van der Waals surface area contributed by atoms with Crippen molar-refractivity contribution in [2.24, 2.45) is 0 Å². The van der Waals surface area contributed by atoms with E-state index in [4.69, 9.17) is 11.6 Å². The van der Waals surface area contributed by atoms with E-state index in [1.807, 2.05) is 25.1 Å². The zero-order chi connectivity index (χ0) is 20.3. The van der Waals surface area contributed by atoms with E-state index in [1.165, 1.54) is 11.1 Å². The first-order valence-corrected chi connectivity index (χ1v) is 9.11. The molecule has 0 spiro atoms. The van der Waals surface area contributed by atoms with Crippen molar-refractivity contribution in [1.82, 2.24) is 19.7 Å². The normalized spacial score (nSPS) is 10.6. The van der Waals surface area contributed by atoms with Gasteiger partial charge < -0.3 is 10.2 Å². The summed E-state index contributed by atoms with van der Waals surface area (Å²) in [5.74, 6) is 0.0895. The first kappa shape index (κ1) is 19.6. The van der Waals surface area contributed by atoms with Crippen LogP contribution in [0.5, 0.6) is 0 Å². The highest BCUT2D eigenvalue weighted by molar-refractivity contribution is 6.34. The number of carbonyl (C=O) groups is 2. The highest BCUT2D eigenvalue weighted by Crippen LogP contribution is 2.23. The smallest absolute Gasteiger partial charge is 0.259 e. The van der Waals surface area contributed by atoms with Gasteiger partial charge in [-0.05, 0) is 36.8 Å². The molecule has 0 unspecified atom stereocenters. The number of halogens is 1. The number of aromatic nitrogens is 3. The predicted molar refractivity (Wildman–Crippen MR) is 108 cm³/mol. The maximum atomic E-state index is 12.8. The molecule has 28 heavy (non-hydrogen) atoms. The van der Waals surface area contributed by atoms with Crippen LogP contribution in [-0.2, 0) is 6.42 Å². The van der Waals surface area contributed by atoms with Gasteiger partial charge in [0.05, 0.1) is 28.0 Å². The maximum absolute atomic E-state index is 12.8. The molecule has 2 aromatic heterocycles. The van der Waals surface area contributed by atoms with E-state index < -0.39 is 0 Å². The molecule has 0 bridgehead atoms. The average Bonchev–Trinajstić information content (AvgIpc) is 3.13. The third-order valence-electron chi connectivity index (χ3n) is 4.18. The number of carbonyl (C=O) groups excluding carboxylic acids is 2. The number of benzene rings is 1. The monoisotopic (exact) mass is 397 g/mol. The number of hydrogen-bond donors (Lipinski definition) is 1. The van der Waals surface area contributed by atoms with Gasteiger partial charge in [0.15, 0.2) is 5.82 Å². The zero-order valence-electron chi connectivity index (χ0n) is 15.8. The summed E-state index contributed by atoms with van der Waals surface area (Å²) in [5, 5.41) is 7.46. The molecule has 3 aromatic rings. The van der Waals surface area contributed by atoms with Crippen molar-refractivity contribution < 1.29 is 9.59 Å². The first-order chi connectivity index (χ1) is 13.4. The van der Waals surface area contributed by atoms with E-state index in [2.05, 4.69) is 15.4 Å². The highest BCUT2D eigenvalue weighted by atomic mass is 35.5. The summed E-state index contributed by atoms with van der Waals surface area (Å²) in [7, 11) is 3.28. The minimum Gasteiger partial charge on any atom is -0.345 e. The summed E-state index contributed by atoms with van der Waals surface area (Å²) in [6, 6.07) is 10.3. The van der Waals surface area contributed by atoms with E-state index >= 15 is 0 Å². The summed E-state index contributed by atoms with van der Waals surface area (Å²) in [4.78, 5) is 30.8. The van der Waals surface area contributed by atoms with Gasteiger partial charge in [-0.3, -0.25) is 9.59 Å². The lowest BCUT2D eigenvalue weighted by atomic mass is 10.1. The van der Waals surface area contributed by atoms with Crippen LogP contribution in [0.4, 0.5) is 5.69 Å². The summed E-state index contributed by atoms with van der Waals surface area (Å²) >= 11 is 6.13. The number of pyridine rings is 1. The highest BCUT2D eigenvalue weighted by Gasteiger charge is 2.19. The lowest BCUT2D eigenvalue weighted by molar-refractivity contribution is 0.0827. The molecule has 0 aliphatic carbocycles. The number of nitrogens with zero attached hydrogens (tertiary/aromatic N) is 4. The second-order valence-electron chi connectivity index (χ2n) is 6.31. The quantitative estimate of drug-likeness (QED) is 0.715. The fraction of sp³-hybridized carbons (Fsp3) is 0.200. The van der Waals surface area contributed by atoms with Crippen LogP contribution in [-0.4, -0.2) is 45.6 Å². The summed E-state index contributed by atoms with van der Waals surface area (Å²) < 4.78 is 1.65. The number of rotatable bonds is 5. The van der Waals surface area contributed by atoms with Gasteiger partial charge in [-0.1, -0.05) is 24.6 Å².